The molecule has 2 amide bonds. The molecule has 4 heterocycles. The monoisotopic (exact) mass is 861 g/mol. The molecule has 14 nitrogen and oxygen atoms in total. The predicted octanol–water partition coefficient (Wildman–Crippen LogP) is 9.01. The van der Waals surface area contributed by atoms with E-state index in [4.69, 9.17) is 19.9 Å². The van der Waals surface area contributed by atoms with Gasteiger partial charge in [0, 0.05) is 74.3 Å². The molecule has 1 aliphatic heterocycles. The van der Waals surface area contributed by atoms with Crippen LogP contribution in [0.3, 0.4) is 0 Å². The summed E-state index contributed by atoms with van der Waals surface area (Å²) in [6.45, 7) is 7.45. The van der Waals surface area contributed by atoms with Crippen LogP contribution in [0.25, 0.3) is 0 Å². The quantitative estimate of drug-likeness (QED) is 0.0210. The molecule has 0 saturated carbocycles. The topological polar surface area (TPSA) is 209 Å². The standard InChI is InChI=1S/C29H34N4O3.C20H29N3O4/c1-21(34)26(23-14-16-28(32-20-23)36-25-10-3-2-4-11-25)17-19-30-27(35)12-6-5-9-24-15-13-22-8-7-18-31-29(22)33-24;1-3-4-7-16(21)8-5-6-9-18(24)22-13-12-17(20(25)26)15-10-11-19(27-2)23-14-15/h2-4,10-11,13-16,20,26,34H,1,5-9,12,17-19H2,(H,30,35)(H,31,33);4,7,10-11,14,17,21H,3,5-6,8-9,12-13H2,1-2H3,(H,22,24)(H,25,26)/b;7-4-,21-16?. The van der Waals surface area contributed by atoms with Gasteiger partial charge in [-0.05, 0) is 112 Å². The Morgan fingerprint density at radius 3 is 2.10 bits per heavy atom. The summed E-state index contributed by atoms with van der Waals surface area (Å²) in [4.78, 5) is 48.8. The maximum absolute atomic E-state index is 12.3. The van der Waals surface area contributed by atoms with Gasteiger partial charge >= 0.3 is 5.97 Å². The maximum Gasteiger partial charge on any atom is 0.311 e. The molecular weight excluding hydrogens is 799 g/mol. The molecule has 3 aromatic heterocycles. The van der Waals surface area contributed by atoms with E-state index in [1.54, 1.807) is 30.5 Å². The Hall–Kier alpha value is -6.57. The molecule has 63 heavy (non-hydrogen) atoms. The average molecular weight is 862 g/mol. The number of aryl methyl sites for hydroxylation is 2. The van der Waals surface area contributed by atoms with Crippen molar-refractivity contribution in [1.29, 1.82) is 5.41 Å². The zero-order valence-corrected chi connectivity index (χ0v) is 36.6. The van der Waals surface area contributed by atoms with Crippen molar-refractivity contribution in [3.63, 3.8) is 0 Å². The number of aliphatic carboxylic acids is 1. The van der Waals surface area contributed by atoms with Gasteiger partial charge in [-0.2, -0.15) is 0 Å². The second kappa shape index (κ2) is 27.4. The number of unbranched alkanes of at least 4 members (excludes halogenated alkanes) is 2. The van der Waals surface area contributed by atoms with Crippen molar-refractivity contribution < 1.29 is 34.1 Å². The lowest BCUT2D eigenvalue weighted by molar-refractivity contribution is -0.139. The number of aliphatic hydroxyl groups is 1. The second-order valence-electron chi connectivity index (χ2n) is 15.3. The fourth-order valence-corrected chi connectivity index (χ4v) is 6.88. The first-order chi connectivity index (χ1) is 30.6. The van der Waals surface area contributed by atoms with E-state index in [0.717, 1.165) is 68.6 Å². The number of carboxylic acids is 1. The Kier molecular flexibility index (Phi) is 21.3. The van der Waals surface area contributed by atoms with Crippen LogP contribution < -0.4 is 25.4 Å². The van der Waals surface area contributed by atoms with E-state index in [9.17, 15) is 24.6 Å². The number of ether oxygens (including phenoxy) is 2. The molecule has 14 heteroatoms. The number of anilines is 1. The Bertz CT molecular complexity index is 2080. The number of nitrogens with one attached hydrogen (secondary N) is 4. The molecule has 2 atom stereocenters. The summed E-state index contributed by atoms with van der Waals surface area (Å²) in [6.07, 6.45) is 16.5. The van der Waals surface area contributed by atoms with Crippen molar-refractivity contribution >= 4 is 29.3 Å². The minimum atomic E-state index is -0.949. The van der Waals surface area contributed by atoms with Gasteiger partial charge in [-0.25, -0.2) is 15.0 Å². The van der Waals surface area contributed by atoms with Gasteiger partial charge in [-0.3, -0.25) is 14.4 Å². The molecule has 1 aromatic carbocycles. The van der Waals surface area contributed by atoms with E-state index in [0.29, 0.717) is 73.9 Å². The number of amides is 2. The van der Waals surface area contributed by atoms with Gasteiger partial charge in [0.1, 0.15) is 11.6 Å². The number of fused-ring (bicyclic) bond motifs is 1. The van der Waals surface area contributed by atoms with Crippen molar-refractivity contribution in [2.75, 3.05) is 32.1 Å². The van der Waals surface area contributed by atoms with Crippen LogP contribution >= 0.6 is 0 Å². The van der Waals surface area contributed by atoms with E-state index in [1.165, 1.54) is 18.9 Å². The predicted molar refractivity (Wildman–Crippen MR) is 246 cm³/mol. The summed E-state index contributed by atoms with van der Waals surface area (Å²) in [5.74, 6) is 0.609. The Labute approximate surface area is 371 Å². The van der Waals surface area contributed by atoms with Crippen molar-refractivity contribution in [1.82, 2.24) is 25.6 Å². The second-order valence-corrected chi connectivity index (χ2v) is 15.3. The minimum Gasteiger partial charge on any atom is -0.512 e. The minimum absolute atomic E-state index is 0.0158. The molecule has 0 fully saturated rings. The molecule has 0 spiro atoms. The van der Waals surface area contributed by atoms with Gasteiger partial charge < -0.3 is 41.0 Å². The summed E-state index contributed by atoms with van der Waals surface area (Å²) in [5, 5.41) is 36.3. The van der Waals surface area contributed by atoms with Gasteiger partial charge in [0.15, 0.2) is 0 Å². The van der Waals surface area contributed by atoms with Crippen LogP contribution in [0.4, 0.5) is 5.82 Å². The highest BCUT2D eigenvalue weighted by Crippen LogP contribution is 2.27. The number of allylic oxidation sites excluding steroid dienone is 3. The molecule has 0 aliphatic carbocycles. The summed E-state index contributed by atoms with van der Waals surface area (Å²) < 4.78 is 10.7. The maximum atomic E-state index is 12.3. The van der Waals surface area contributed by atoms with E-state index in [-0.39, 0.29) is 30.0 Å². The number of carboxylic acid groups (broad SMARTS) is 1. The third kappa shape index (κ3) is 18.1. The van der Waals surface area contributed by atoms with Gasteiger partial charge in [0.2, 0.25) is 23.6 Å². The Morgan fingerprint density at radius 2 is 1.48 bits per heavy atom. The van der Waals surface area contributed by atoms with E-state index >= 15 is 0 Å². The third-order valence-corrected chi connectivity index (χ3v) is 10.4. The lowest BCUT2D eigenvalue weighted by atomic mass is 9.95. The number of methoxy groups -OCH3 is 1. The van der Waals surface area contributed by atoms with Crippen molar-refractivity contribution in [3.05, 3.63) is 126 Å². The molecule has 1 aliphatic rings. The molecule has 336 valence electrons. The number of hydrogen-bond donors (Lipinski definition) is 6. The van der Waals surface area contributed by atoms with E-state index in [2.05, 4.69) is 44.6 Å². The highest BCUT2D eigenvalue weighted by Gasteiger charge is 2.21. The Morgan fingerprint density at radius 1 is 0.841 bits per heavy atom. The zero-order chi connectivity index (χ0) is 45.2. The first kappa shape index (κ1) is 49.1. The summed E-state index contributed by atoms with van der Waals surface area (Å²) in [6, 6.07) is 20.6. The number of nitrogens with zero attached hydrogens (tertiary/aromatic N) is 3. The molecule has 5 rings (SSSR count). The number of aliphatic hydroxyl groups excluding tert-OH is 1. The largest absolute Gasteiger partial charge is 0.512 e. The van der Waals surface area contributed by atoms with Gasteiger partial charge in [0.25, 0.3) is 0 Å². The van der Waals surface area contributed by atoms with Crippen LogP contribution in [-0.2, 0) is 27.2 Å². The van der Waals surface area contributed by atoms with Crippen LogP contribution in [-0.4, -0.2) is 75.4 Å². The van der Waals surface area contributed by atoms with Gasteiger partial charge in [-0.1, -0.05) is 56.0 Å². The highest BCUT2D eigenvalue weighted by atomic mass is 16.5. The molecule has 0 saturated heterocycles. The molecule has 4 aromatic rings. The number of para-hydroxylation sites is 1. The number of carbonyl (C=O) groups excluding carboxylic acids is 2. The number of pyridine rings is 3. The van der Waals surface area contributed by atoms with Crippen LogP contribution in [0.15, 0.2) is 104 Å². The van der Waals surface area contributed by atoms with E-state index in [1.807, 2.05) is 49.4 Å². The molecular formula is C49H63N7O7. The van der Waals surface area contributed by atoms with Crippen molar-refractivity contribution in [3.8, 4) is 17.5 Å². The van der Waals surface area contributed by atoms with Crippen LogP contribution in [0.5, 0.6) is 17.5 Å². The number of carbonyl (C=O) groups is 3. The molecule has 0 radical (unpaired) electrons. The number of benzene rings is 1. The van der Waals surface area contributed by atoms with Gasteiger partial charge in [-0.15, -0.1) is 0 Å². The zero-order valence-electron chi connectivity index (χ0n) is 36.6. The normalized spacial score (nSPS) is 12.7. The fourth-order valence-electron chi connectivity index (χ4n) is 6.88. The number of aromatic nitrogens is 3. The van der Waals surface area contributed by atoms with Crippen LogP contribution in [0.1, 0.15) is 112 Å². The lowest BCUT2D eigenvalue weighted by Crippen LogP contribution is -2.27. The molecule has 2 unspecified atom stereocenters. The molecule has 0 bridgehead atoms. The van der Waals surface area contributed by atoms with Crippen LogP contribution in [0.2, 0.25) is 0 Å². The first-order valence-electron chi connectivity index (χ1n) is 21.9. The summed E-state index contributed by atoms with van der Waals surface area (Å²) >= 11 is 0. The van der Waals surface area contributed by atoms with Crippen molar-refractivity contribution in [2.24, 2.45) is 0 Å². The lowest BCUT2D eigenvalue weighted by Gasteiger charge is -2.17. The van der Waals surface area contributed by atoms with E-state index < -0.39 is 11.9 Å². The number of hydrogen-bond acceptors (Lipinski definition) is 11. The Balaban J connectivity index is 0.000000290. The smallest absolute Gasteiger partial charge is 0.311 e. The fraction of sp³-hybridized carbons (Fsp3) is 0.408. The SMILES string of the molecule is C=C(O)C(CCNC(=O)CCCCc1ccc2c(n1)NCCC2)c1ccc(Oc2ccccc2)nc1.CC/C=C\C(=N)CCCCC(=O)NCCC(C(=O)O)c1ccc(OC)nc1. The van der Waals surface area contributed by atoms with Crippen molar-refractivity contribution in [2.45, 2.75) is 102 Å². The summed E-state index contributed by atoms with van der Waals surface area (Å²) in [5.41, 5.74) is 4.34. The van der Waals surface area contributed by atoms with Crippen LogP contribution in [0, 0.1) is 5.41 Å². The number of rotatable bonds is 25. The first-order valence-corrected chi connectivity index (χ1v) is 21.9. The highest BCUT2D eigenvalue weighted by molar-refractivity contribution is 5.92. The summed E-state index contributed by atoms with van der Waals surface area (Å²) in [7, 11) is 1.50. The van der Waals surface area contributed by atoms with Gasteiger partial charge in [0.05, 0.1) is 18.8 Å². The third-order valence-electron chi connectivity index (χ3n) is 10.4. The average Bonchev–Trinajstić information content (AvgIpc) is 3.29. The molecule has 6 N–H and O–H groups in total.